The smallest absolute Gasteiger partial charge is 0.254 e. The van der Waals surface area contributed by atoms with Crippen molar-refractivity contribution in [2.45, 2.75) is 59.2 Å². The van der Waals surface area contributed by atoms with E-state index in [0.29, 0.717) is 23.2 Å². The lowest BCUT2D eigenvalue weighted by molar-refractivity contribution is 0.0554. The summed E-state index contributed by atoms with van der Waals surface area (Å²) in [5.74, 6) is -1.81. The number of rotatable bonds is 12. The predicted molar refractivity (Wildman–Crippen MR) is 153 cm³/mol. The highest BCUT2D eigenvalue weighted by atomic mass is 19.1. The van der Waals surface area contributed by atoms with Crippen LogP contribution in [0.5, 0.6) is 0 Å². The highest BCUT2D eigenvalue weighted by molar-refractivity contribution is 6.00. The number of carbonyl (C=O) groups excluding carboxylic acids is 2. The molecule has 0 bridgehead atoms. The Labute approximate surface area is 235 Å². The first-order chi connectivity index (χ1) is 18.9. The number of carbonyl (C=O) groups is 2. The van der Waals surface area contributed by atoms with Crippen LogP contribution in [0.15, 0.2) is 60.7 Å². The molecule has 0 aliphatic carbocycles. The molecular weight excluding hydrogens is 512 g/mol. The van der Waals surface area contributed by atoms with Gasteiger partial charge in [0.2, 0.25) is 0 Å². The molecule has 0 unspecified atom stereocenters. The number of aliphatic hydroxyl groups is 1. The van der Waals surface area contributed by atoms with Crippen LogP contribution in [0.25, 0.3) is 0 Å². The molecule has 2 atom stereocenters. The standard InChI is InChI=1S/C32H39F2N3O3/c1-5-22-7-6-8-23(11-22)18-37(19-30(38)29(35)14-24-12-27(33)16-28(34)13-24)32(40)26-10-21(4)9-25(15-26)31(39)36-17-20(2)3/h6-13,15-16,20,29-30,38H,5,14,17-19,35H2,1-4H3,(H,36,39)/t29-,30+/m0/s1. The minimum absolute atomic E-state index is 0.0216. The Kier molecular flexibility index (Phi) is 10.9. The SMILES string of the molecule is CCc1cccc(CN(C[C@@H](O)[C@@H](N)Cc2cc(F)cc(F)c2)C(=O)c2cc(C)cc(C(=O)NCC(C)C)c2)c1. The first-order valence-electron chi connectivity index (χ1n) is 13.6. The van der Waals surface area contributed by atoms with Gasteiger partial charge in [-0.15, -0.1) is 0 Å². The van der Waals surface area contributed by atoms with E-state index in [0.717, 1.165) is 29.2 Å². The zero-order valence-electron chi connectivity index (χ0n) is 23.6. The summed E-state index contributed by atoms with van der Waals surface area (Å²) in [4.78, 5) is 28.1. The Hall–Kier alpha value is -3.62. The molecule has 0 saturated heterocycles. The second kappa shape index (κ2) is 14.1. The van der Waals surface area contributed by atoms with Crippen LogP contribution in [-0.2, 0) is 19.4 Å². The van der Waals surface area contributed by atoms with Gasteiger partial charge in [0.15, 0.2) is 0 Å². The summed E-state index contributed by atoms with van der Waals surface area (Å²) in [6.45, 7) is 8.45. The van der Waals surface area contributed by atoms with Crippen LogP contribution >= 0.6 is 0 Å². The zero-order valence-corrected chi connectivity index (χ0v) is 23.6. The molecule has 4 N–H and O–H groups in total. The number of aryl methyl sites for hydroxylation is 2. The summed E-state index contributed by atoms with van der Waals surface area (Å²) in [7, 11) is 0. The zero-order chi connectivity index (χ0) is 29.4. The van der Waals surface area contributed by atoms with Crippen LogP contribution in [0.2, 0.25) is 0 Å². The lowest BCUT2D eigenvalue weighted by Gasteiger charge is -2.29. The molecule has 3 aromatic carbocycles. The number of hydrogen-bond donors (Lipinski definition) is 3. The predicted octanol–water partition coefficient (Wildman–Crippen LogP) is 4.79. The van der Waals surface area contributed by atoms with Crippen molar-refractivity contribution < 1.29 is 23.5 Å². The van der Waals surface area contributed by atoms with Crippen LogP contribution in [-0.4, -0.2) is 47.1 Å². The van der Waals surface area contributed by atoms with Crippen LogP contribution in [0.4, 0.5) is 8.78 Å². The number of halogens is 2. The number of amides is 2. The summed E-state index contributed by atoms with van der Waals surface area (Å²) in [6.07, 6.45) is -0.330. The maximum absolute atomic E-state index is 13.8. The summed E-state index contributed by atoms with van der Waals surface area (Å²) in [5.41, 5.74) is 9.97. The summed E-state index contributed by atoms with van der Waals surface area (Å²) >= 11 is 0. The average molecular weight is 552 g/mol. The number of nitrogens with one attached hydrogen (secondary N) is 1. The van der Waals surface area contributed by atoms with Gasteiger partial charge >= 0.3 is 0 Å². The Balaban J connectivity index is 1.87. The highest BCUT2D eigenvalue weighted by Crippen LogP contribution is 2.18. The third-order valence-corrected chi connectivity index (χ3v) is 6.61. The van der Waals surface area contributed by atoms with E-state index in [1.54, 1.807) is 18.2 Å². The molecule has 0 aliphatic heterocycles. The molecule has 0 aromatic heterocycles. The minimum Gasteiger partial charge on any atom is -0.390 e. The van der Waals surface area contributed by atoms with Crippen LogP contribution in [0, 0.1) is 24.5 Å². The maximum atomic E-state index is 13.8. The van der Waals surface area contributed by atoms with Crippen LogP contribution < -0.4 is 11.1 Å². The van der Waals surface area contributed by atoms with Crippen molar-refractivity contribution in [3.63, 3.8) is 0 Å². The molecule has 40 heavy (non-hydrogen) atoms. The molecule has 0 radical (unpaired) electrons. The van der Waals surface area contributed by atoms with E-state index in [1.165, 1.54) is 17.0 Å². The van der Waals surface area contributed by atoms with Gasteiger partial charge in [0.05, 0.1) is 6.10 Å². The van der Waals surface area contributed by atoms with Gasteiger partial charge in [-0.2, -0.15) is 0 Å². The van der Waals surface area contributed by atoms with Gasteiger partial charge in [-0.05, 0) is 78.3 Å². The van der Waals surface area contributed by atoms with Gasteiger partial charge < -0.3 is 21.1 Å². The molecule has 6 nitrogen and oxygen atoms in total. The van der Waals surface area contributed by atoms with E-state index >= 15 is 0 Å². The molecule has 3 rings (SSSR count). The van der Waals surface area contributed by atoms with Crippen molar-refractivity contribution in [3.8, 4) is 0 Å². The molecule has 8 heteroatoms. The number of nitrogens with two attached hydrogens (primary N) is 1. The molecule has 0 fully saturated rings. The van der Waals surface area contributed by atoms with E-state index in [1.807, 2.05) is 52.0 Å². The fourth-order valence-corrected chi connectivity index (χ4v) is 4.50. The van der Waals surface area contributed by atoms with Crippen molar-refractivity contribution in [1.29, 1.82) is 0 Å². The van der Waals surface area contributed by atoms with Gasteiger partial charge in [-0.3, -0.25) is 9.59 Å². The molecular formula is C32H39F2N3O3. The molecule has 214 valence electrons. The van der Waals surface area contributed by atoms with Crippen molar-refractivity contribution in [1.82, 2.24) is 10.2 Å². The van der Waals surface area contributed by atoms with Crippen molar-refractivity contribution in [2.75, 3.05) is 13.1 Å². The first kappa shape index (κ1) is 30.9. The first-order valence-corrected chi connectivity index (χ1v) is 13.6. The average Bonchev–Trinajstić information content (AvgIpc) is 2.89. The summed E-state index contributed by atoms with van der Waals surface area (Å²) in [6, 6.07) is 15.1. The van der Waals surface area contributed by atoms with E-state index < -0.39 is 23.8 Å². The van der Waals surface area contributed by atoms with E-state index in [2.05, 4.69) is 5.32 Å². The monoisotopic (exact) mass is 551 g/mol. The third kappa shape index (κ3) is 8.96. The Morgan fingerprint density at radius 3 is 2.25 bits per heavy atom. The van der Waals surface area contributed by atoms with Gasteiger partial charge in [-0.1, -0.05) is 45.0 Å². The Bertz CT molecular complexity index is 1310. The molecule has 3 aromatic rings. The molecule has 0 spiro atoms. The quantitative estimate of drug-likeness (QED) is 0.302. The van der Waals surface area contributed by atoms with E-state index in [4.69, 9.17) is 5.73 Å². The molecule has 2 amide bonds. The lowest BCUT2D eigenvalue weighted by atomic mass is 10.00. The number of aliphatic hydroxyl groups excluding tert-OH is 1. The number of nitrogens with zero attached hydrogens (tertiary/aromatic N) is 1. The number of hydrogen-bond acceptors (Lipinski definition) is 4. The van der Waals surface area contributed by atoms with Gasteiger partial charge in [0.25, 0.3) is 11.8 Å². The molecule has 0 saturated carbocycles. The maximum Gasteiger partial charge on any atom is 0.254 e. The normalized spacial score (nSPS) is 12.7. The molecule has 0 heterocycles. The van der Waals surface area contributed by atoms with Crippen molar-refractivity contribution in [2.24, 2.45) is 11.7 Å². The summed E-state index contributed by atoms with van der Waals surface area (Å²) < 4.78 is 27.3. The van der Waals surface area contributed by atoms with Crippen LogP contribution in [0.1, 0.15) is 63.7 Å². The van der Waals surface area contributed by atoms with E-state index in [-0.39, 0.29) is 37.2 Å². The van der Waals surface area contributed by atoms with Crippen LogP contribution in [0.3, 0.4) is 0 Å². The largest absolute Gasteiger partial charge is 0.390 e. The van der Waals surface area contributed by atoms with Gasteiger partial charge in [-0.25, -0.2) is 8.78 Å². The van der Waals surface area contributed by atoms with E-state index in [9.17, 15) is 23.5 Å². The fraction of sp³-hybridized carbons (Fsp3) is 0.375. The topological polar surface area (TPSA) is 95.7 Å². The minimum atomic E-state index is -1.18. The van der Waals surface area contributed by atoms with Crippen molar-refractivity contribution >= 4 is 11.8 Å². The lowest BCUT2D eigenvalue weighted by Crippen LogP contribution is -2.46. The second-order valence-electron chi connectivity index (χ2n) is 10.8. The summed E-state index contributed by atoms with van der Waals surface area (Å²) in [5, 5.41) is 13.9. The fourth-order valence-electron chi connectivity index (χ4n) is 4.50. The Morgan fingerprint density at radius 1 is 0.950 bits per heavy atom. The molecule has 0 aliphatic rings. The third-order valence-electron chi connectivity index (χ3n) is 6.61. The highest BCUT2D eigenvalue weighted by Gasteiger charge is 2.25. The van der Waals surface area contributed by atoms with Gasteiger partial charge in [0.1, 0.15) is 11.6 Å². The second-order valence-corrected chi connectivity index (χ2v) is 10.8. The Morgan fingerprint density at radius 2 is 1.60 bits per heavy atom. The van der Waals surface area contributed by atoms with Gasteiger partial charge in [0, 0.05) is 42.9 Å². The number of benzene rings is 3. The van der Waals surface area contributed by atoms with Crippen molar-refractivity contribution in [3.05, 3.63) is 106 Å².